The highest BCUT2D eigenvalue weighted by Crippen LogP contribution is 2.29. The lowest BCUT2D eigenvalue weighted by Gasteiger charge is -2.45. The monoisotopic (exact) mass is 390 g/mol. The van der Waals surface area contributed by atoms with Crippen LogP contribution in [-0.4, -0.2) is 68.6 Å². The molecule has 0 spiro atoms. The predicted molar refractivity (Wildman–Crippen MR) is 108 cm³/mol. The standard InChI is InChI=1S/C21H31FN4O2/c1-27-20-9-8-18(14-19(20)22)25-15-23-21(24-10-12-28-13-11-24)26(16-25)17-6-4-2-3-5-7-17/h8-9,14,17H,2-7,10-13,15-16H2,1H3. The molecule has 2 fully saturated rings. The van der Waals surface area contributed by atoms with Gasteiger partial charge >= 0.3 is 0 Å². The summed E-state index contributed by atoms with van der Waals surface area (Å²) in [5.74, 6) is 1.04. The average molecular weight is 391 g/mol. The number of morpholine rings is 1. The number of aliphatic imine (C=N–C) groups is 1. The van der Waals surface area contributed by atoms with E-state index in [2.05, 4.69) is 14.7 Å². The Morgan fingerprint density at radius 1 is 1.07 bits per heavy atom. The van der Waals surface area contributed by atoms with Crippen LogP contribution in [0.3, 0.4) is 0 Å². The van der Waals surface area contributed by atoms with E-state index in [1.54, 1.807) is 12.1 Å². The van der Waals surface area contributed by atoms with Gasteiger partial charge in [0, 0.05) is 30.9 Å². The second kappa shape index (κ2) is 8.99. The minimum absolute atomic E-state index is 0.277. The molecular weight excluding hydrogens is 359 g/mol. The molecule has 0 N–H and O–H groups in total. The average Bonchev–Trinajstić information content (AvgIpc) is 3.03. The van der Waals surface area contributed by atoms with Gasteiger partial charge in [0.2, 0.25) is 0 Å². The first-order valence-corrected chi connectivity index (χ1v) is 10.5. The van der Waals surface area contributed by atoms with Gasteiger partial charge in [-0.15, -0.1) is 0 Å². The van der Waals surface area contributed by atoms with Gasteiger partial charge in [0.15, 0.2) is 17.5 Å². The van der Waals surface area contributed by atoms with E-state index in [-0.39, 0.29) is 11.6 Å². The van der Waals surface area contributed by atoms with E-state index < -0.39 is 0 Å². The summed E-state index contributed by atoms with van der Waals surface area (Å²) in [4.78, 5) is 11.9. The smallest absolute Gasteiger partial charge is 0.200 e. The molecule has 6 nitrogen and oxygen atoms in total. The first-order chi connectivity index (χ1) is 13.8. The third kappa shape index (κ3) is 4.19. The maximum absolute atomic E-state index is 14.3. The van der Waals surface area contributed by atoms with Crippen molar-refractivity contribution in [3.8, 4) is 5.75 Å². The van der Waals surface area contributed by atoms with Crippen LogP contribution >= 0.6 is 0 Å². The summed E-state index contributed by atoms with van der Waals surface area (Å²) in [6, 6.07) is 5.67. The Morgan fingerprint density at radius 2 is 1.82 bits per heavy atom. The molecule has 1 saturated carbocycles. The number of hydrogen-bond donors (Lipinski definition) is 0. The molecule has 0 bridgehead atoms. The largest absolute Gasteiger partial charge is 0.494 e. The first kappa shape index (κ1) is 19.3. The van der Waals surface area contributed by atoms with Crippen molar-refractivity contribution < 1.29 is 13.9 Å². The van der Waals surface area contributed by atoms with Gasteiger partial charge in [0.25, 0.3) is 0 Å². The molecule has 4 rings (SSSR count). The van der Waals surface area contributed by atoms with Crippen LogP contribution in [0.5, 0.6) is 5.75 Å². The van der Waals surface area contributed by atoms with Gasteiger partial charge in [0.05, 0.1) is 27.0 Å². The Balaban J connectivity index is 1.58. The van der Waals surface area contributed by atoms with Gasteiger partial charge in [-0.25, -0.2) is 9.38 Å². The normalized spacial score (nSPS) is 22.1. The van der Waals surface area contributed by atoms with E-state index >= 15 is 0 Å². The summed E-state index contributed by atoms with van der Waals surface area (Å²) in [5.41, 5.74) is 0.849. The fourth-order valence-electron chi connectivity index (χ4n) is 4.44. The first-order valence-electron chi connectivity index (χ1n) is 10.5. The zero-order valence-corrected chi connectivity index (χ0v) is 16.8. The summed E-state index contributed by atoms with van der Waals surface area (Å²) in [6.07, 6.45) is 7.59. The molecule has 3 aliphatic rings. The van der Waals surface area contributed by atoms with E-state index in [4.69, 9.17) is 14.5 Å². The Labute approximate surface area is 166 Å². The number of guanidine groups is 1. The molecule has 1 saturated heterocycles. The lowest BCUT2D eigenvalue weighted by atomic mass is 10.1. The number of nitrogens with zero attached hydrogens (tertiary/aromatic N) is 4. The van der Waals surface area contributed by atoms with Gasteiger partial charge in [-0.3, -0.25) is 0 Å². The number of hydrogen-bond acceptors (Lipinski definition) is 6. The number of halogens is 1. The van der Waals surface area contributed by atoms with Crippen LogP contribution in [0.4, 0.5) is 10.1 Å². The Bertz CT molecular complexity index is 685. The van der Waals surface area contributed by atoms with Gasteiger partial charge in [-0.1, -0.05) is 25.7 Å². The van der Waals surface area contributed by atoms with Crippen molar-refractivity contribution in [2.45, 2.75) is 44.6 Å². The predicted octanol–water partition coefficient (Wildman–Crippen LogP) is 3.28. The summed E-state index contributed by atoms with van der Waals surface area (Å²) >= 11 is 0. The molecule has 0 atom stereocenters. The van der Waals surface area contributed by atoms with Crippen LogP contribution in [0.2, 0.25) is 0 Å². The van der Waals surface area contributed by atoms with Gasteiger partial charge < -0.3 is 24.2 Å². The van der Waals surface area contributed by atoms with Crippen LogP contribution in [0.1, 0.15) is 38.5 Å². The molecule has 2 heterocycles. The van der Waals surface area contributed by atoms with Crippen molar-refractivity contribution in [3.63, 3.8) is 0 Å². The fraction of sp³-hybridized carbons (Fsp3) is 0.667. The molecule has 1 aliphatic carbocycles. The third-order valence-electron chi connectivity index (χ3n) is 6.02. The summed E-state index contributed by atoms with van der Waals surface area (Å²) in [5, 5.41) is 0. The van der Waals surface area contributed by atoms with Crippen LogP contribution in [0, 0.1) is 5.82 Å². The number of benzene rings is 1. The molecule has 2 aliphatic heterocycles. The maximum Gasteiger partial charge on any atom is 0.200 e. The third-order valence-corrected chi connectivity index (χ3v) is 6.02. The molecular formula is C21H31FN4O2. The number of rotatable bonds is 3. The van der Waals surface area contributed by atoms with Crippen molar-refractivity contribution in [2.75, 3.05) is 51.7 Å². The Kier molecular flexibility index (Phi) is 6.20. The molecule has 0 amide bonds. The fourth-order valence-corrected chi connectivity index (χ4v) is 4.44. The van der Waals surface area contributed by atoms with Crippen molar-refractivity contribution in [1.82, 2.24) is 9.80 Å². The highest BCUT2D eigenvalue weighted by atomic mass is 19.1. The van der Waals surface area contributed by atoms with Gasteiger partial charge in [-0.05, 0) is 25.0 Å². The van der Waals surface area contributed by atoms with Crippen LogP contribution in [0.25, 0.3) is 0 Å². The van der Waals surface area contributed by atoms with Crippen molar-refractivity contribution in [2.24, 2.45) is 4.99 Å². The molecule has 154 valence electrons. The minimum atomic E-state index is -0.330. The van der Waals surface area contributed by atoms with Crippen molar-refractivity contribution in [1.29, 1.82) is 0 Å². The molecule has 28 heavy (non-hydrogen) atoms. The molecule has 0 aromatic heterocycles. The number of ether oxygens (including phenoxy) is 2. The zero-order chi connectivity index (χ0) is 19.3. The van der Waals surface area contributed by atoms with Gasteiger partial charge in [-0.2, -0.15) is 0 Å². The van der Waals surface area contributed by atoms with Crippen LogP contribution in [0.15, 0.2) is 23.2 Å². The second-order valence-electron chi connectivity index (χ2n) is 7.81. The highest BCUT2D eigenvalue weighted by molar-refractivity contribution is 5.82. The zero-order valence-electron chi connectivity index (χ0n) is 16.8. The highest BCUT2D eigenvalue weighted by Gasteiger charge is 2.32. The van der Waals surface area contributed by atoms with E-state index in [0.29, 0.717) is 12.7 Å². The van der Waals surface area contributed by atoms with Crippen molar-refractivity contribution in [3.05, 3.63) is 24.0 Å². The molecule has 1 aromatic rings. The Hall–Kier alpha value is -2.02. The maximum atomic E-state index is 14.3. The van der Waals surface area contributed by atoms with E-state index in [1.165, 1.54) is 45.6 Å². The molecule has 1 aromatic carbocycles. The van der Waals surface area contributed by atoms with Crippen LogP contribution < -0.4 is 9.64 Å². The molecule has 0 radical (unpaired) electrons. The lowest BCUT2D eigenvalue weighted by molar-refractivity contribution is 0.0586. The number of methoxy groups -OCH3 is 1. The molecule has 0 unspecified atom stereocenters. The lowest BCUT2D eigenvalue weighted by Crippen LogP contribution is -2.58. The van der Waals surface area contributed by atoms with E-state index in [9.17, 15) is 4.39 Å². The van der Waals surface area contributed by atoms with Gasteiger partial charge in [0.1, 0.15) is 6.67 Å². The second-order valence-corrected chi connectivity index (χ2v) is 7.81. The van der Waals surface area contributed by atoms with E-state index in [1.807, 2.05) is 6.07 Å². The van der Waals surface area contributed by atoms with Crippen molar-refractivity contribution >= 4 is 11.6 Å². The summed E-state index contributed by atoms with van der Waals surface area (Å²) in [7, 11) is 1.49. The SMILES string of the molecule is COc1ccc(N2CN=C(N3CCOCC3)N(C3CCCCCC3)C2)cc1F. The van der Waals surface area contributed by atoms with E-state index in [0.717, 1.165) is 44.6 Å². The summed E-state index contributed by atoms with van der Waals surface area (Å²) in [6.45, 7) is 4.57. The van der Waals surface area contributed by atoms with Crippen LogP contribution in [-0.2, 0) is 4.74 Å². The summed E-state index contributed by atoms with van der Waals surface area (Å²) < 4.78 is 24.9. The Morgan fingerprint density at radius 3 is 2.50 bits per heavy atom. The topological polar surface area (TPSA) is 40.5 Å². The minimum Gasteiger partial charge on any atom is -0.494 e. The number of anilines is 1. The molecule has 7 heteroatoms. The quantitative estimate of drug-likeness (QED) is 0.741.